The van der Waals surface area contributed by atoms with Gasteiger partial charge in [-0.3, -0.25) is 0 Å². The number of hydrogen-bond acceptors (Lipinski definition) is 2. The van der Waals surface area contributed by atoms with Gasteiger partial charge in [-0.05, 0) is 111 Å². The van der Waals surface area contributed by atoms with Crippen molar-refractivity contribution in [3.8, 4) is 0 Å². The molecule has 2 nitrogen and oxygen atoms in total. The van der Waals surface area contributed by atoms with Crippen molar-refractivity contribution in [1.29, 1.82) is 0 Å². The van der Waals surface area contributed by atoms with Crippen LogP contribution in [0.25, 0.3) is 0 Å². The Morgan fingerprint density at radius 1 is 1.13 bits per heavy atom. The van der Waals surface area contributed by atoms with Crippen molar-refractivity contribution in [2.75, 3.05) is 0 Å². The first kappa shape index (κ1) is 22.3. The van der Waals surface area contributed by atoms with Crippen LogP contribution in [0.4, 0.5) is 0 Å². The fraction of sp³-hybridized carbons (Fsp3) is 0.857. The van der Waals surface area contributed by atoms with E-state index in [0.29, 0.717) is 22.7 Å². The van der Waals surface area contributed by atoms with Crippen molar-refractivity contribution in [1.82, 2.24) is 0 Å². The van der Waals surface area contributed by atoms with Crippen LogP contribution in [0.2, 0.25) is 0 Å². The summed E-state index contributed by atoms with van der Waals surface area (Å²) in [6.45, 7) is 11.8. The van der Waals surface area contributed by atoms with Crippen LogP contribution in [0.5, 0.6) is 0 Å². The second-order valence-corrected chi connectivity index (χ2v) is 12.2. The third-order valence-corrected chi connectivity index (χ3v) is 10.5. The molecule has 30 heavy (non-hydrogen) atoms. The molecule has 168 valence electrons. The lowest BCUT2D eigenvalue weighted by atomic mass is 9.47. The number of aliphatic hydroxyl groups is 1. The molecule has 0 unspecified atom stereocenters. The Labute approximate surface area is 184 Å². The molecule has 0 aromatic carbocycles. The summed E-state index contributed by atoms with van der Waals surface area (Å²) < 4.78 is 0. The van der Waals surface area contributed by atoms with E-state index in [-0.39, 0.29) is 6.10 Å². The fourth-order valence-corrected chi connectivity index (χ4v) is 8.66. The van der Waals surface area contributed by atoms with Crippen LogP contribution >= 0.6 is 0 Å². The fourth-order valence-electron chi connectivity index (χ4n) is 8.66. The van der Waals surface area contributed by atoms with Gasteiger partial charge in [0.25, 0.3) is 0 Å². The first-order chi connectivity index (χ1) is 14.2. The van der Waals surface area contributed by atoms with E-state index >= 15 is 0 Å². The quantitative estimate of drug-likeness (QED) is 0.400. The summed E-state index contributed by atoms with van der Waals surface area (Å²) in [6.07, 6.45) is 14.4. The molecule has 0 aromatic heterocycles. The predicted molar refractivity (Wildman–Crippen MR) is 124 cm³/mol. The van der Waals surface area contributed by atoms with Crippen molar-refractivity contribution in [2.24, 2.45) is 46.3 Å². The largest absolute Gasteiger partial charge is 0.393 e. The first-order valence-corrected chi connectivity index (χ1v) is 12.8. The Morgan fingerprint density at radius 2 is 1.90 bits per heavy atom. The molecule has 3 saturated carbocycles. The van der Waals surface area contributed by atoms with Crippen LogP contribution in [0, 0.1) is 46.3 Å². The number of aliphatic hydroxyl groups excluding tert-OH is 1. The zero-order chi connectivity index (χ0) is 21.7. The summed E-state index contributed by atoms with van der Waals surface area (Å²) in [7, 11) is 0. The lowest BCUT2D eigenvalue weighted by molar-refractivity contribution is -0.0571. The van der Waals surface area contributed by atoms with Gasteiger partial charge in [-0.25, -0.2) is 4.79 Å². The standard InChI is InChI=1S/C28H44O2/c1-18(2)20(17-29)7-6-19(3)24-10-11-25-23-9-8-21-16-22(30)12-14-27(21,4)26(23)13-15-28(24,25)5/h8,18-19,22-26,30H,6-7,9-16H2,1-5H3/t19-,22+,23+,24-,25+,26+,27+,28-/m1/s1. The molecule has 1 N–H and O–H groups in total. The van der Waals surface area contributed by atoms with Gasteiger partial charge in [0.05, 0.1) is 6.10 Å². The highest BCUT2D eigenvalue weighted by molar-refractivity contribution is 5.52. The van der Waals surface area contributed by atoms with Gasteiger partial charge in [0, 0.05) is 5.57 Å². The van der Waals surface area contributed by atoms with Gasteiger partial charge in [0.15, 0.2) is 0 Å². The summed E-state index contributed by atoms with van der Waals surface area (Å²) in [5, 5.41) is 10.2. The summed E-state index contributed by atoms with van der Waals surface area (Å²) in [5.74, 6) is 6.56. The van der Waals surface area contributed by atoms with Crippen LogP contribution in [0.1, 0.15) is 98.8 Å². The molecular weight excluding hydrogens is 368 g/mol. The highest BCUT2D eigenvalue weighted by Crippen LogP contribution is 2.67. The smallest absolute Gasteiger partial charge is 0.123 e. The minimum Gasteiger partial charge on any atom is -0.393 e. The zero-order valence-corrected chi connectivity index (χ0v) is 20.0. The number of rotatable bonds is 5. The summed E-state index contributed by atoms with van der Waals surface area (Å²) >= 11 is 0. The van der Waals surface area contributed by atoms with E-state index in [0.717, 1.165) is 54.9 Å². The van der Waals surface area contributed by atoms with Crippen molar-refractivity contribution in [3.63, 3.8) is 0 Å². The maximum absolute atomic E-state index is 11.3. The van der Waals surface area contributed by atoms with Crippen molar-refractivity contribution in [2.45, 2.75) is 105 Å². The van der Waals surface area contributed by atoms with Crippen LogP contribution < -0.4 is 0 Å². The van der Waals surface area contributed by atoms with Crippen LogP contribution in [0.3, 0.4) is 0 Å². The van der Waals surface area contributed by atoms with E-state index in [1.165, 1.54) is 38.5 Å². The number of allylic oxidation sites excluding steroid dienone is 2. The van der Waals surface area contributed by atoms with Crippen LogP contribution in [-0.4, -0.2) is 17.2 Å². The number of hydrogen-bond donors (Lipinski definition) is 1. The third kappa shape index (κ3) is 3.57. The monoisotopic (exact) mass is 412 g/mol. The van der Waals surface area contributed by atoms with Gasteiger partial charge in [-0.15, -0.1) is 0 Å². The Balaban J connectivity index is 1.49. The molecule has 0 amide bonds. The van der Waals surface area contributed by atoms with E-state index in [9.17, 15) is 9.90 Å². The molecule has 4 aliphatic rings. The highest BCUT2D eigenvalue weighted by Gasteiger charge is 2.59. The summed E-state index contributed by atoms with van der Waals surface area (Å²) in [6, 6.07) is 0. The maximum Gasteiger partial charge on any atom is 0.123 e. The molecule has 2 heteroatoms. The lowest BCUT2D eigenvalue weighted by Gasteiger charge is -2.58. The van der Waals surface area contributed by atoms with Crippen molar-refractivity contribution < 1.29 is 9.90 Å². The molecule has 4 aliphatic carbocycles. The second-order valence-electron chi connectivity index (χ2n) is 12.2. The van der Waals surface area contributed by atoms with E-state index in [4.69, 9.17) is 0 Å². The Bertz CT molecular complexity index is 729. The molecule has 0 aliphatic heterocycles. The summed E-state index contributed by atoms with van der Waals surface area (Å²) in [5.41, 5.74) is 3.37. The SMILES string of the molecule is CC(C)C(=C=O)CC[C@@H](C)[C@H]1CC[C@H]2[C@@H]3CC=C4C[C@@H](O)CC[C@]4(C)[C@H]3CC[C@]12C. The van der Waals surface area contributed by atoms with E-state index < -0.39 is 0 Å². The maximum atomic E-state index is 11.3. The molecule has 0 aromatic rings. The summed E-state index contributed by atoms with van der Waals surface area (Å²) in [4.78, 5) is 11.3. The van der Waals surface area contributed by atoms with E-state index in [1.807, 2.05) is 0 Å². The lowest BCUT2D eigenvalue weighted by Crippen LogP contribution is -2.50. The van der Waals surface area contributed by atoms with E-state index in [2.05, 4.69) is 46.6 Å². The Hall–Kier alpha value is -0.850. The third-order valence-electron chi connectivity index (χ3n) is 10.5. The van der Waals surface area contributed by atoms with Gasteiger partial charge in [-0.1, -0.05) is 46.3 Å². The minimum absolute atomic E-state index is 0.109. The van der Waals surface area contributed by atoms with Crippen molar-refractivity contribution in [3.05, 3.63) is 17.2 Å². The molecule has 0 heterocycles. The minimum atomic E-state index is -0.109. The molecule has 0 radical (unpaired) electrons. The van der Waals surface area contributed by atoms with Crippen LogP contribution in [0.15, 0.2) is 17.2 Å². The number of carbonyl (C=O) groups excluding carboxylic acids is 1. The average Bonchev–Trinajstić information content (AvgIpc) is 3.06. The Kier molecular flexibility index (Phi) is 6.15. The van der Waals surface area contributed by atoms with Gasteiger partial charge in [-0.2, -0.15) is 0 Å². The normalized spacial score (nSPS) is 43.8. The molecule has 8 atom stereocenters. The van der Waals surface area contributed by atoms with Gasteiger partial charge in [0.1, 0.15) is 5.94 Å². The molecule has 0 bridgehead atoms. The van der Waals surface area contributed by atoms with Gasteiger partial charge in [0.2, 0.25) is 0 Å². The zero-order valence-electron chi connectivity index (χ0n) is 20.0. The molecule has 0 spiro atoms. The molecule has 4 rings (SSSR count). The van der Waals surface area contributed by atoms with Gasteiger partial charge < -0.3 is 5.11 Å². The second kappa shape index (κ2) is 8.25. The van der Waals surface area contributed by atoms with Crippen LogP contribution in [-0.2, 0) is 4.79 Å². The Morgan fingerprint density at radius 3 is 2.60 bits per heavy atom. The van der Waals surface area contributed by atoms with Gasteiger partial charge >= 0.3 is 0 Å². The average molecular weight is 413 g/mol. The molecular formula is C28H44O2. The van der Waals surface area contributed by atoms with Crippen molar-refractivity contribution >= 4 is 5.94 Å². The predicted octanol–water partition coefficient (Wildman–Crippen LogP) is 6.76. The molecule has 0 saturated heterocycles. The number of fused-ring (bicyclic) bond motifs is 5. The topological polar surface area (TPSA) is 37.3 Å². The molecule has 3 fully saturated rings. The van der Waals surface area contributed by atoms with E-state index in [1.54, 1.807) is 5.57 Å². The first-order valence-electron chi connectivity index (χ1n) is 12.8. The highest BCUT2D eigenvalue weighted by atomic mass is 16.3.